The van der Waals surface area contributed by atoms with E-state index in [-0.39, 0.29) is 5.54 Å². The van der Waals surface area contributed by atoms with Crippen molar-refractivity contribution >= 4 is 5.82 Å². The Morgan fingerprint density at radius 1 is 1.32 bits per heavy atom. The second kappa shape index (κ2) is 5.87. The highest BCUT2D eigenvalue weighted by atomic mass is 15.3. The molecule has 0 amide bonds. The number of nitrogens with zero attached hydrogens (tertiary/aromatic N) is 3. The van der Waals surface area contributed by atoms with Gasteiger partial charge in [0.05, 0.1) is 5.69 Å². The van der Waals surface area contributed by atoms with Crippen LogP contribution in [0.5, 0.6) is 0 Å². The summed E-state index contributed by atoms with van der Waals surface area (Å²) in [5, 5.41) is 12.2. The summed E-state index contributed by atoms with van der Waals surface area (Å²) in [5.74, 6) is 1.03. The lowest BCUT2D eigenvalue weighted by atomic mass is 10.1. The molecule has 19 heavy (non-hydrogen) atoms. The molecule has 1 aliphatic heterocycles. The van der Waals surface area contributed by atoms with Crippen molar-refractivity contribution in [1.29, 1.82) is 0 Å². The van der Waals surface area contributed by atoms with Crippen LogP contribution in [0.1, 0.15) is 52.7 Å². The summed E-state index contributed by atoms with van der Waals surface area (Å²) in [4.78, 5) is 2.40. The predicted octanol–water partition coefficient (Wildman–Crippen LogP) is 2.74. The summed E-state index contributed by atoms with van der Waals surface area (Å²) < 4.78 is 0. The van der Waals surface area contributed by atoms with E-state index in [1.807, 2.05) is 0 Å². The standard InChI is InChI=1S/C15H26N4/c1-5-13-7-6-10-19(13)14-9-8-12(17-18-14)11-16-15(2,3)4/h8-9,13,16H,5-7,10-11H2,1-4H3. The minimum atomic E-state index is 0.114. The Morgan fingerprint density at radius 2 is 2.11 bits per heavy atom. The van der Waals surface area contributed by atoms with Gasteiger partial charge in [0.1, 0.15) is 0 Å². The number of nitrogens with one attached hydrogen (secondary N) is 1. The van der Waals surface area contributed by atoms with E-state index in [0.29, 0.717) is 6.04 Å². The normalized spacial score (nSPS) is 20.0. The minimum absolute atomic E-state index is 0.114. The molecule has 0 bridgehead atoms. The quantitative estimate of drug-likeness (QED) is 0.906. The molecule has 1 aliphatic rings. The van der Waals surface area contributed by atoms with Crippen LogP contribution in [0.2, 0.25) is 0 Å². The summed E-state index contributed by atoms with van der Waals surface area (Å²) in [6.45, 7) is 10.6. The van der Waals surface area contributed by atoms with Gasteiger partial charge in [0, 0.05) is 24.7 Å². The molecule has 1 aromatic rings. The second-order valence-corrected chi connectivity index (χ2v) is 6.38. The van der Waals surface area contributed by atoms with Crippen LogP contribution in [-0.4, -0.2) is 28.3 Å². The summed E-state index contributed by atoms with van der Waals surface area (Å²) in [6.07, 6.45) is 3.74. The Labute approximate surface area is 116 Å². The first-order chi connectivity index (χ1) is 8.99. The van der Waals surface area contributed by atoms with Gasteiger partial charge in [0.15, 0.2) is 5.82 Å². The van der Waals surface area contributed by atoms with Gasteiger partial charge in [0.2, 0.25) is 0 Å². The topological polar surface area (TPSA) is 41.0 Å². The zero-order valence-corrected chi connectivity index (χ0v) is 12.6. The van der Waals surface area contributed by atoms with Crippen LogP contribution < -0.4 is 10.2 Å². The molecular weight excluding hydrogens is 236 g/mol. The molecule has 4 heteroatoms. The lowest BCUT2D eigenvalue weighted by Crippen LogP contribution is -2.35. The van der Waals surface area contributed by atoms with Crippen LogP contribution in [0.25, 0.3) is 0 Å². The van der Waals surface area contributed by atoms with Crippen molar-refractivity contribution in [3.8, 4) is 0 Å². The Morgan fingerprint density at radius 3 is 2.68 bits per heavy atom. The van der Waals surface area contributed by atoms with Crippen molar-refractivity contribution < 1.29 is 0 Å². The molecule has 0 spiro atoms. The van der Waals surface area contributed by atoms with Crippen LogP contribution in [0.15, 0.2) is 12.1 Å². The van der Waals surface area contributed by atoms with E-state index in [9.17, 15) is 0 Å². The monoisotopic (exact) mass is 262 g/mol. The molecule has 4 nitrogen and oxygen atoms in total. The fourth-order valence-electron chi connectivity index (χ4n) is 2.52. The highest BCUT2D eigenvalue weighted by molar-refractivity contribution is 5.40. The highest BCUT2D eigenvalue weighted by Gasteiger charge is 2.24. The molecule has 1 unspecified atom stereocenters. The van der Waals surface area contributed by atoms with E-state index in [0.717, 1.165) is 24.6 Å². The molecule has 1 N–H and O–H groups in total. The fourth-order valence-corrected chi connectivity index (χ4v) is 2.52. The number of hydrogen-bond acceptors (Lipinski definition) is 4. The molecule has 0 aliphatic carbocycles. The lowest BCUT2D eigenvalue weighted by molar-refractivity contribution is 0.420. The molecule has 0 radical (unpaired) electrons. The van der Waals surface area contributed by atoms with Crippen LogP contribution >= 0.6 is 0 Å². The second-order valence-electron chi connectivity index (χ2n) is 6.38. The molecular formula is C15H26N4. The summed E-state index contributed by atoms with van der Waals surface area (Å²) >= 11 is 0. The van der Waals surface area contributed by atoms with Gasteiger partial charge in [-0.3, -0.25) is 0 Å². The maximum atomic E-state index is 4.40. The molecule has 2 rings (SSSR count). The van der Waals surface area contributed by atoms with Crippen molar-refractivity contribution in [2.45, 2.75) is 65.1 Å². The molecule has 0 saturated carbocycles. The first-order valence-electron chi connectivity index (χ1n) is 7.34. The summed E-state index contributed by atoms with van der Waals surface area (Å²) in [5.41, 5.74) is 1.12. The van der Waals surface area contributed by atoms with Gasteiger partial charge in [-0.1, -0.05) is 6.92 Å². The van der Waals surface area contributed by atoms with Crippen molar-refractivity contribution in [3.63, 3.8) is 0 Å². The SMILES string of the molecule is CCC1CCCN1c1ccc(CNC(C)(C)C)nn1. The molecule has 1 atom stereocenters. The first kappa shape index (κ1) is 14.3. The van der Waals surface area contributed by atoms with Crippen molar-refractivity contribution in [3.05, 3.63) is 17.8 Å². The lowest BCUT2D eigenvalue weighted by Gasteiger charge is -2.24. The molecule has 1 fully saturated rings. The summed E-state index contributed by atoms with van der Waals surface area (Å²) in [6, 6.07) is 4.85. The minimum Gasteiger partial charge on any atom is -0.352 e. The van der Waals surface area contributed by atoms with Gasteiger partial charge in [-0.15, -0.1) is 5.10 Å². The Kier molecular flexibility index (Phi) is 4.40. The van der Waals surface area contributed by atoms with Crippen molar-refractivity contribution in [2.75, 3.05) is 11.4 Å². The van der Waals surface area contributed by atoms with Crippen LogP contribution in [0.4, 0.5) is 5.82 Å². The van der Waals surface area contributed by atoms with E-state index < -0.39 is 0 Å². The largest absolute Gasteiger partial charge is 0.352 e. The average molecular weight is 262 g/mol. The average Bonchev–Trinajstić information content (AvgIpc) is 2.84. The summed E-state index contributed by atoms with van der Waals surface area (Å²) in [7, 11) is 0. The van der Waals surface area contributed by atoms with Crippen molar-refractivity contribution in [2.24, 2.45) is 0 Å². The molecule has 1 aromatic heterocycles. The van der Waals surface area contributed by atoms with E-state index >= 15 is 0 Å². The Balaban J connectivity index is 1.98. The first-order valence-corrected chi connectivity index (χ1v) is 7.34. The fraction of sp³-hybridized carbons (Fsp3) is 0.733. The maximum absolute atomic E-state index is 4.40. The van der Waals surface area contributed by atoms with E-state index in [4.69, 9.17) is 0 Å². The molecule has 1 saturated heterocycles. The predicted molar refractivity (Wildman–Crippen MR) is 79.3 cm³/mol. The zero-order chi connectivity index (χ0) is 13.9. The van der Waals surface area contributed by atoms with Gasteiger partial charge >= 0.3 is 0 Å². The van der Waals surface area contributed by atoms with Crippen LogP contribution in [0, 0.1) is 0 Å². The van der Waals surface area contributed by atoms with E-state index in [1.165, 1.54) is 19.3 Å². The Bertz CT molecular complexity index is 394. The van der Waals surface area contributed by atoms with Crippen molar-refractivity contribution in [1.82, 2.24) is 15.5 Å². The zero-order valence-electron chi connectivity index (χ0n) is 12.6. The number of rotatable bonds is 4. The number of anilines is 1. The van der Waals surface area contributed by atoms with Crippen LogP contribution in [-0.2, 0) is 6.54 Å². The smallest absolute Gasteiger partial charge is 0.151 e. The van der Waals surface area contributed by atoms with Gasteiger partial charge in [-0.2, -0.15) is 5.10 Å². The molecule has 106 valence electrons. The molecule has 0 aromatic carbocycles. The molecule has 2 heterocycles. The Hall–Kier alpha value is -1.16. The highest BCUT2D eigenvalue weighted by Crippen LogP contribution is 2.25. The van der Waals surface area contributed by atoms with Crippen LogP contribution in [0.3, 0.4) is 0 Å². The third-order valence-electron chi connectivity index (χ3n) is 3.65. The number of aromatic nitrogens is 2. The maximum Gasteiger partial charge on any atom is 0.151 e. The van der Waals surface area contributed by atoms with Gasteiger partial charge in [-0.05, 0) is 52.2 Å². The van der Waals surface area contributed by atoms with Gasteiger partial charge < -0.3 is 10.2 Å². The van der Waals surface area contributed by atoms with Gasteiger partial charge in [-0.25, -0.2) is 0 Å². The van der Waals surface area contributed by atoms with E-state index in [1.54, 1.807) is 0 Å². The van der Waals surface area contributed by atoms with Gasteiger partial charge in [0.25, 0.3) is 0 Å². The third kappa shape index (κ3) is 3.90. The third-order valence-corrected chi connectivity index (χ3v) is 3.65. The van der Waals surface area contributed by atoms with E-state index in [2.05, 4.69) is 60.2 Å². The number of hydrogen-bond donors (Lipinski definition) is 1.